The second kappa shape index (κ2) is 2.88. The van der Waals surface area contributed by atoms with Crippen molar-refractivity contribution in [3.63, 3.8) is 0 Å². The van der Waals surface area contributed by atoms with Gasteiger partial charge in [-0.05, 0) is 6.07 Å². The summed E-state index contributed by atoms with van der Waals surface area (Å²) in [6.07, 6.45) is 0. The highest BCUT2D eigenvalue weighted by Crippen LogP contribution is 2.26. The number of nitrogens with zero attached hydrogens (tertiary/aromatic N) is 1. The van der Waals surface area contributed by atoms with Gasteiger partial charge in [-0.3, -0.25) is 14.9 Å². The molecule has 1 N–H and O–H groups in total. The van der Waals surface area contributed by atoms with Crippen LogP contribution in [0.25, 0.3) is 10.2 Å². The molecular formula is C7H3FN2O3S. The number of H-pyrrole nitrogens is 1. The number of non-ortho nitro benzene ring substituents is 1. The molecule has 0 radical (unpaired) electrons. The molecule has 0 aliphatic carbocycles. The monoisotopic (exact) mass is 214 g/mol. The Kier molecular flexibility index (Phi) is 1.81. The van der Waals surface area contributed by atoms with Crippen molar-refractivity contribution in [2.24, 2.45) is 0 Å². The summed E-state index contributed by atoms with van der Waals surface area (Å²) >= 11 is 0.742. The van der Waals surface area contributed by atoms with Gasteiger partial charge in [0.25, 0.3) is 5.69 Å². The molecule has 0 saturated heterocycles. The fraction of sp³-hybridized carbons (Fsp3) is 0. The minimum absolute atomic E-state index is 0.0754. The Bertz CT molecular complexity index is 574. The highest BCUT2D eigenvalue weighted by molar-refractivity contribution is 7.16. The van der Waals surface area contributed by atoms with E-state index in [0.717, 1.165) is 23.5 Å². The zero-order valence-electron chi connectivity index (χ0n) is 6.61. The lowest BCUT2D eigenvalue weighted by atomic mass is 10.3. The van der Waals surface area contributed by atoms with E-state index in [2.05, 4.69) is 4.98 Å². The van der Waals surface area contributed by atoms with Crippen molar-refractivity contribution in [1.29, 1.82) is 0 Å². The van der Waals surface area contributed by atoms with Gasteiger partial charge in [0.2, 0.25) is 0 Å². The van der Waals surface area contributed by atoms with Crippen LogP contribution in [0.4, 0.5) is 10.1 Å². The topological polar surface area (TPSA) is 76.0 Å². The van der Waals surface area contributed by atoms with Crippen LogP contribution < -0.4 is 4.87 Å². The van der Waals surface area contributed by atoms with Gasteiger partial charge in [0.15, 0.2) is 0 Å². The van der Waals surface area contributed by atoms with Crippen LogP contribution in [0, 0.1) is 15.9 Å². The van der Waals surface area contributed by atoms with Gasteiger partial charge in [0, 0.05) is 0 Å². The number of aromatic nitrogens is 1. The molecule has 0 spiro atoms. The van der Waals surface area contributed by atoms with Crippen molar-refractivity contribution in [1.82, 2.24) is 4.98 Å². The smallest absolute Gasteiger partial charge is 0.305 e. The fourth-order valence-electron chi connectivity index (χ4n) is 1.15. The zero-order chi connectivity index (χ0) is 10.3. The van der Waals surface area contributed by atoms with Gasteiger partial charge in [0.1, 0.15) is 11.3 Å². The standard InChI is InChI=1S/C7H3FN2O3S/c8-3-1-4(10(12)13)6-5(2-3)14-7(11)9-6/h1-2H,(H,9,11). The SMILES string of the molecule is O=c1[nH]c2c([N+](=O)[O-])cc(F)cc2s1. The number of thiazole rings is 1. The highest BCUT2D eigenvalue weighted by Gasteiger charge is 2.16. The van der Waals surface area contributed by atoms with Gasteiger partial charge in [-0.15, -0.1) is 0 Å². The van der Waals surface area contributed by atoms with Crippen molar-refractivity contribution >= 4 is 27.2 Å². The third-order valence-corrected chi connectivity index (χ3v) is 2.50. The molecule has 0 fully saturated rings. The largest absolute Gasteiger partial charge is 0.307 e. The molecule has 72 valence electrons. The third kappa shape index (κ3) is 1.27. The molecule has 0 atom stereocenters. The molecule has 0 aliphatic rings. The number of rotatable bonds is 1. The molecule has 0 saturated carbocycles. The van der Waals surface area contributed by atoms with Crippen molar-refractivity contribution in [3.05, 3.63) is 37.7 Å². The van der Waals surface area contributed by atoms with E-state index in [1.165, 1.54) is 0 Å². The van der Waals surface area contributed by atoms with E-state index in [-0.39, 0.29) is 10.2 Å². The van der Waals surface area contributed by atoms with Gasteiger partial charge < -0.3 is 4.98 Å². The summed E-state index contributed by atoms with van der Waals surface area (Å²) in [5, 5.41) is 10.5. The second-order valence-electron chi connectivity index (χ2n) is 2.57. The minimum atomic E-state index is -0.728. The van der Waals surface area contributed by atoms with Crippen LogP contribution in [0.5, 0.6) is 0 Å². The van der Waals surface area contributed by atoms with Gasteiger partial charge in [0.05, 0.1) is 15.7 Å². The number of nitro benzene ring substituents is 1. The summed E-state index contributed by atoms with van der Waals surface area (Å²) in [5.74, 6) is -0.723. The number of aromatic amines is 1. The molecule has 14 heavy (non-hydrogen) atoms. The predicted molar refractivity (Wildman–Crippen MR) is 49.1 cm³/mol. The molecule has 1 aromatic carbocycles. The average Bonchev–Trinajstić information content (AvgIpc) is 2.42. The van der Waals surface area contributed by atoms with Crippen molar-refractivity contribution in [2.45, 2.75) is 0 Å². The number of benzene rings is 1. The van der Waals surface area contributed by atoms with E-state index in [1.54, 1.807) is 0 Å². The van der Waals surface area contributed by atoms with E-state index in [4.69, 9.17) is 0 Å². The Morgan fingerprint density at radius 2 is 2.21 bits per heavy atom. The Morgan fingerprint density at radius 3 is 2.86 bits per heavy atom. The van der Waals surface area contributed by atoms with Crippen molar-refractivity contribution < 1.29 is 9.31 Å². The molecular weight excluding hydrogens is 211 g/mol. The number of hydrogen-bond donors (Lipinski definition) is 1. The lowest BCUT2D eigenvalue weighted by molar-refractivity contribution is -0.383. The second-order valence-corrected chi connectivity index (χ2v) is 3.58. The molecule has 0 amide bonds. The summed E-state index contributed by atoms with van der Waals surface area (Å²) < 4.78 is 13.1. The van der Waals surface area contributed by atoms with Crippen LogP contribution in [-0.2, 0) is 0 Å². The van der Waals surface area contributed by atoms with Crippen LogP contribution in [0.2, 0.25) is 0 Å². The molecule has 2 rings (SSSR count). The molecule has 0 bridgehead atoms. The summed E-state index contributed by atoms with van der Waals surface area (Å²) in [6, 6.07) is 1.87. The zero-order valence-corrected chi connectivity index (χ0v) is 7.43. The quantitative estimate of drug-likeness (QED) is 0.579. The lowest BCUT2D eigenvalue weighted by Gasteiger charge is -1.92. The first-order chi connectivity index (χ1) is 6.58. The first-order valence-electron chi connectivity index (χ1n) is 3.54. The summed E-state index contributed by atoms with van der Waals surface area (Å²) in [4.78, 5) is 22.5. The van der Waals surface area contributed by atoms with Crippen molar-refractivity contribution in [2.75, 3.05) is 0 Å². The maximum Gasteiger partial charge on any atom is 0.305 e. The number of fused-ring (bicyclic) bond motifs is 1. The fourth-order valence-corrected chi connectivity index (χ4v) is 1.93. The van der Waals surface area contributed by atoms with E-state index < -0.39 is 21.3 Å². The van der Waals surface area contributed by atoms with Crippen LogP contribution in [0.15, 0.2) is 16.9 Å². The molecule has 0 aliphatic heterocycles. The Labute approximate surface area is 80.0 Å². The van der Waals surface area contributed by atoms with Crippen LogP contribution in [-0.4, -0.2) is 9.91 Å². The first kappa shape index (κ1) is 8.82. The lowest BCUT2D eigenvalue weighted by Crippen LogP contribution is -1.94. The predicted octanol–water partition coefficient (Wildman–Crippen LogP) is 1.64. The number of nitrogens with one attached hydrogen (secondary N) is 1. The number of nitro groups is 1. The summed E-state index contributed by atoms with van der Waals surface area (Å²) in [6.45, 7) is 0. The molecule has 0 unspecified atom stereocenters. The Hall–Kier alpha value is -1.76. The van der Waals surface area contributed by atoms with Crippen LogP contribution in [0.3, 0.4) is 0 Å². The number of halogens is 1. The van der Waals surface area contributed by atoms with E-state index in [9.17, 15) is 19.3 Å². The van der Waals surface area contributed by atoms with Gasteiger partial charge in [-0.2, -0.15) is 0 Å². The van der Waals surface area contributed by atoms with Gasteiger partial charge >= 0.3 is 4.87 Å². The summed E-state index contributed by atoms with van der Waals surface area (Å²) in [7, 11) is 0. The first-order valence-corrected chi connectivity index (χ1v) is 4.36. The molecule has 5 nitrogen and oxygen atoms in total. The van der Waals surface area contributed by atoms with E-state index in [1.807, 2.05) is 0 Å². The maximum absolute atomic E-state index is 12.9. The maximum atomic E-state index is 12.9. The van der Waals surface area contributed by atoms with E-state index >= 15 is 0 Å². The summed E-state index contributed by atoms with van der Waals surface area (Å²) in [5.41, 5.74) is -0.343. The molecule has 1 heterocycles. The minimum Gasteiger partial charge on any atom is -0.307 e. The van der Waals surface area contributed by atoms with Crippen molar-refractivity contribution in [3.8, 4) is 0 Å². The molecule has 7 heteroatoms. The van der Waals surface area contributed by atoms with Crippen LogP contribution >= 0.6 is 11.3 Å². The Morgan fingerprint density at radius 1 is 1.50 bits per heavy atom. The Balaban J connectivity index is 2.92. The third-order valence-electron chi connectivity index (χ3n) is 1.67. The van der Waals surface area contributed by atoms with Crippen LogP contribution in [0.1, 0.15) is 0 Å². The average molecular weight is 214 g/mol. The highest BCUT2D eigenvalue weighted by atomic mass is 32.1. The van der Waals surface area contributed by atoms with Gasteiger partial charge in [-0.25, -0.2) is 4.39 Å². The molecule has 2 aromatic rings. The molecule has 1 aromatic heterocycles. The van der Waals surface area contributed by atoms with E-state index in [0.29, 0.717) is 0 Å². The normalized spacial score (nSPS) is 10.6. The van der Waals surface area contributed by atoms with Gasteiger partial charge in [-0.1, -0.05) is 11.3 Å². The number of hydrogen-bond acceptors (Lipinski definition) is 4.